The molecule has 5 heteroatoms. The third-order valence-corrected chi connectivity index (χ3v) is 4.86. The molecule has 27 heavy (non-hydrogen) atoms. The fraction of sp³-hybridized carbons (Fsp3) is 0.818. The quantitative estimate of drug-likeness (QED) is 0.202. The standard InChI is InChI=1S/C22H41NO3.H2O/c1-4-5-6-7-8-9-10-11-12-13-14-15-16-17-18-19-21(24)23(2,3)20-22(25)26;/h11-12H,4-10,13-20H2,1-3H3;1H2. The third-order valence-electron chi connectivity index (χ3n) is 4.86. The maximum Gasteiger partial charge on any atom is 0.359 e. The zero-order chi connectivity index (χ0) is 19.7. The lowest BCUT2D eigenvalue weighted by atomic mass is 10.1. The fourth-order valence-electron chi connectivity index (χ4n) is 3.08. The van der Waals surface area contributed by atoms with Gasteiger partial charge in [0.15, 0.2) is 6.54 Å². The van der Waals surface area contributed by atoms with E-state index in [1.807, 2.05) is 0 Å². The van der Waals surface area contributed by atoms with Crippen LogP contribution in [-0.4, -0.2) is 47.6 Å². The Kier molecular flexibility index (Phi) is 18.9. The summed E-state index contributed by atoms with van der Waals surface area (Å²) >= 11 is 0. The summed E-state index contributed by atoms with van der Waals surface area (Å²) in [5.74, 6) is -0.905. The Morgan fingerprint density at radius 1 is 0.778 bits per heavy atom. The van der Waals surface area contributed by atoms with Crippen molar-refractivity contribution >= 4 is 11.9 Å². The first-order valence-electron chi connectivity index (χ1n) is 10.6. The first-order valence-corrected chi connectivity index (χ1v) is 10.6. The van der Waals surface area contributed by atoms with Crippen molar-refractivity contribution in [1.29, 1.82) is 0 Å². The van der Waals surface area contributed by atoms with E-state index < -0.39 is 5.97 Å². The van der Waals surface area contributed by atoms with Crippen LogP contribution in [0.4, 0.5) is 0 Å². The van der Waals surface area contributed by atoms with Crippen molar-refractivity contribution in [3.8, 4) is 0 Å². The monoisotopic (exact) mass is 385 g/mol. The summed E-state index contributed by atoms with van der Waals surface area (Å²) in [5, 5.41) is 8.83. The maximum absolute atomic E-state index is 12.0. The van der Waals surface area contributed by atoms with Crippen LogP contribution in [0.25, 0.3) is 0 Å². The molecule has 0 fully saturated rings. The van der Waals surface area contributed by atoms with Crippen molar-refractivity contribution in [3.05, 3.63) is 12.2 Å². The molecule has 0 aliphatic heterocycles. The van der Waals surface area contributed by atoms with E-state index in [1.54, 1.807) is 14.1 Å². The number of likely N-dealkylation sites (N-methyl/N-ethyl adjacent to an activating group) is 1. The average molecular weight is 386 g/mol. The zero-order valence-electron chi connectivity index (χ0n) is 17.9. The number of carbonyl (C=O) groups excluding carboxylic acids is 1. The van der Waals surface area contributed by atoms with Gasteiger partial charge in [0.2, 0.25) is 0 Å². The van der Waals surface area contributed by atoms with E-state index in [-0.39, 0.29) is 22.4 Å². The highest BCUT2D eigenvalue weighted by atomic mass is 16.4. The second kappa shape index (κ2) is 18.2. The number of hydrogen-bond acceptors (Lipinski definition) is 3. The van der Waals surface area contributed by atoms with Gasteiger partial charge in [-0.05, 0) is 32.1 Å². The number of aliphatic carboxylic acids is 1. The summed E-state index contributed by atoms with van der Waals surface area (Å²) < 4.78 is -0.0568. The molecule has 0 bridgehead atoms. The number of carboxylic acid groups (broad SMARTS) is 1. The minimum Gasteiger partial charge on any atom is -0.870 e. The Morgan fingerprint density at radius 2 is 1.22 bits per heavy atom. The Bertz CT molecular complexity index is 405. The summed E-state index contributed by atoms with van der Waals surface area (Å²) in [4.78, 5) is 22.8. The topological polar surface area (TPSA) is 84.4 Å². The molecule has 2 N–H and O–H groups in total. The number of carboxylic acids is 1. The lowest BCUT2D eigenvalue weighted by Crippen LogP contribution is -2.48. The van der Waals surface area contributed by atoms with E-state index >= 15 is 0 Å². The second-order valence-electron chi connectivity index (χ2n) is 7.96. The summed E-state index contributed by atoms with van der Waals surface area (Å²) in [7, 11) is 3.35. The largest absolute Gasteiger partial charge is 0.870 e. The van der Waals surface area contributed by atoms with Crippen LogP contribution in [0.5, 0.6) is 0 Å². The summed E-state index contributed by atoms with van der Waals surface area (Å²) in [6.07, 6.45) is 21.2. The van der Waals surface area contributed by atoms with Crippen molar-refractivity contribution in [2.45, 2.75) is 96.8 Å². The van der Waals surface area contributed by atoms with Gasteiger partial charge in [0.25, 0.3) is 0 Å². The normalized spacial score (nSPS) is 11.5. The van der Waals surface area contributed by atoms with Gasteiger partial charge in [-0.2, -0.15) is 0 Å². The highest BCUT2D eigenvalue weighted by Crippen LogP contribution is 2.11. The molecule has 0 heterocycles. The van der Waals surface area contributed by atoms with Gasteiger partial charge in [-0.15, -0.1) is 0 Å². The molecule has 160 valence electrons. The van der Waals surface area contributed by atoms with Crippen LogP contribution in [0, 0.1) is 0 Å². The number of rotatable bonds is 17. The average Bonchev–Trinajstić information content (AvgIpc) is 2.57. The number of unbranched alkanes of at least 4 members (excludes halogenated alkanes) is 11. The number of quaternary nitrogens is 1. The molecule has 0 saturated heterocycles. The predicted octanol–water partition coefficient (Wildman–Crippen LogP) is 5.53. The molecule has 0 aromatic carbocycles. The molecule has 0 saturated carbocycles. The molecular formula is C22H43NO4. The van der Waals surface area contributed by atoms with Crippen LogP contribution in [0.3, 0.4) is 0 Å². The van der Waals surface area contributed by atoms with Crippen LogP contribution >= 0.6 is 0 Å². The van der Waals surface area contributed by atoms with Gasteiger partial charge < -0.3 is 10.6 Å². The van der Waals surface area contributed by atoms with Gasteiger partial charge in [-0.25, -0.2) is 9.59 Å². The van der Waals surface area contributed by atoms with Crippen molar-refractivity contribution in [2.75, 3.05) is 20.6 Å². The molecule has 0 aromatic rings. The molecule has 0 aromatic heterocycles. The highest BCUT2D eigenvalue weighted by molar-refractivity contribution is 5.74. The molecule has 0 rings (SSSR count). The number of hydrogen-bond donors (Lipinski definition) is 1. The lowest BCUT2D eigenvalue weighted by molar-refractivity contribution is -0.806. The molecule has 0 aliphatic carbocycles. The van der Waals surface area contributed by atoms with E-state index in [4.69, 9.17) is 5.11 Å². The second-order valence-corrected chi connectivity index (χ2v) is 7.96. The van der Waals surface area contributed by atoms with Crippen LogP contribution in [-0.2, 0) is 9.59 Å². The first kappa shape index (κ1) is 28.0. The number of allylic oxidation sites excluding steroid dienone is 2. The smallest absolute Gasteiger partial charge is 0.359 e. The number of carbonyl (C=O) groups is 2. The summed E-state index contributed by atoms with van der Waals surface area (Å²) in [6.45, 7) is 2.12. The van der Waals surface area contributed by atoms with Crippen molar-refractivity contribution in [1.82, 2.24) is 0 Å². The summed E-state index contributed by atoms with van der Waals surface area (Å²) in [5.41, 5.74) is 0. The number of nitrogens with zero attached hydrogens (tertiary/aromatic N) is 1. The number of amides is 1. The molecule has 1 amide bonds. The van der Waals surface area contributed by atoms with Crippen molar-refractivity contribution < 1.29 is 24.7 Å². The van der Waals surface area contributed by atoms with Crippen LogP contribution < -0.4 is 0 Å². The summed E-state index contributed by atoms with van der Waals surface area (Å²) in [6, 6.07) is 0. The predicted molar refractivity (Wildman–Crippen MR) is 111 cm³/mol. The van der Waals surface area contributed by atoms with E-state index in [2.05, 4.69) is 19.1 Å². The fourth-order valence-corrected chi connectivity index (χ4v) is 3.08. The van der Waals surface area contributed by atoms with Crippen molar-refractivity contribution in [2.24, 2.45) is 0 Å². The van der Waals surface area contributed by atoms with Gasteiger partial charge in [0.1, 0.15) is 0 Å². The first-order chi connectivity index (χ1) is 12.4. The molecule has 0 radical (unpaired) electrons. The van der Waals surface area contributed by atoms with Gasteiger partial charge in [-0.1, -0.05) is 70.4 Å². The van der Waals surface area contributed by atoms with Crippen molar-refractivity contribution in [3.63, 3.8) is 0 Å². The lowest BCUT2D eigenvalue weighted by Gasteiger charge is -2.24. The van der Waals surface area contributed by atoms with Gasteiger partial charge in [0.05, 0.1) is 20.5 Å². The molecule has 0 spiro atoms. The van der Waals surface area contributed by atoms with Gasteiger partial charge >= 0.3 is 11.9 Å². The van der Waals surface area contributed by atoms with Crippen LogP contribution in [0.15, 0.2) is 12.2 Å². The van der Waals surface area contributed by atoms with E-state index in [1.165, 1.54) is 57.8 Å². The van der Waals surface area contributed by atoms with E-state index in [0.717, 1.165) is 25.7 Å². The Morgan fingerprint density at radius 3 is 1.70 bits per heavy atom. The highest BCUT2D eigenvalue weighted by Gasteiger charge is 2.28. The Balaban J connectivity index is 0. The SMILES string of the molecule is CCCCCCCCC=CCCCCCCCC(=O)[N+](C)(C)CC(=O)O.[OH-]. The Hall–Kier alpha value is -1.20. The molecular weight excluding hydrogens is 342 g/mol. The minimum atomic E-state index is -0.923. The third kappa shape index (κ3) is 17.9. The molecule has 5 nitrogen and oxygen atoms in total. The van der Waals surface area contributed by atoms with E-state index in [9.17, 15) is 9.59 Å². The van der Waals surface area contributed by atoms with Gasteiger partial charge in [-0.3, -0.25) is 4.48 Å². The minimum absolute atomic E-state index is 0. The Labute approximate surface area is 166 Å². The zero-order valence-corrected chi connectivity index (χ0v) is 17.9. The van der Waals surface area contributed by atoms with Crippen LogP contribution in [0.1, 0.15) is 96.8 Å². The molecule has 0 unspecified atom stereocenters. The van der Waals surface area contributed by atoms with Crippen LogP contribution in [0.2, 0.25) is 0 Å². The van der Waals surface area contributed by atoms with E-state index in [0.29, 0.717) is 6.42 Å². The molecule has 0 aliphatic rings. The molecule has 0 atom stereocenters. The maximum atomic E-state index is 12.0. The van der Waals surface area contributed by atoms with Gasteiger partial charge in [0, 0.05) is 0 Å².